The Morgan fingerprint density at radius 1 is 1.26 bits per heavy atom. The van der Waals surface area contributed by atoms with Crippen molar-refractivity contribution in [1.82, 2.24) is 15.1 Å². The summed E-state index contributed by atoms with van der Waals surface area (Å²) in [6, 6.07) is 2.83. The van der Waals surface area contributed by atoms with E-state index in [0.29, 0.717) is 49.5 Å². The van der Waals surface area contributed by atoms with Crippen LogP contribution >= 0.6 is 0 Å². The molecule has 1 aromatic carbocycles. The van der Waals surface area contributed by atoms with Crippen LogP contribution in [0.3, 0.4) is 0 Å². The summed E-state index contributed by atoms with van der Waals surface area (Å²) in [5.74, 6) is -0.170. The molecule has 1 N–H and O–H groups in total. The first-order valence-electron chi connectivity index (χ1n) is 9.60. The summed E-state index contributed by atoms with van der Waals surface area (Å²) in [7, 11) is 1.78. The highest BCUT2D eigenvalue weighted by Crippen LogP contribution is 2.38. The summed E-state index contributed by atoms with van der Waals surface area (Å²) in [5, 5.41) is 12.0. The third kappa shape index (κ3) is 5.04. The molecule has 3 aromatic rings. The molecular formula is C20H21F3N4O4. The topological polar surface area (TPSA) is 102 Å². The largest absolute Gasteiger partial charge is 0.493 e. The van der Waals surface area contributed by atoms with Gasteiger partial charge in [0, 0.05) is 19.2 Å². The number of halogens is 3. The van der Waals surface area contributed by atoms with Gasteiger partial charge in [0.25, 0.3) is 0 Å². The predicted molar refractivity (Wildman–Crippen MR) is 105 cm³/mol. The van der Waals surface area contributed by atoms with Crippen LogP contribution in [0.1, 0.15) is 41.5 Å². The molecule has 0 fully saturated rings. The van der Waals surface area contributed by atoms with Crippen LogP contribution in [-0.4, -0.2) is 46.4 Å². The number of aryl methyl sites for hydroxylation is 1. The van der Waals surface area contributed by atoms with E-state index in [1.165, 1.54) is 24.5 Å². The number of benzene rings is 1. The molecule has 0 aliphatic heterocycles. The van der Waals surface area contributed by atoms with Gasteiger partial charge in [0.1, 0.15) is 11.6 Å². The number of carboxylic acids is 1. The molecule has 8 nitrogen and oxygen atoms in total. The average Bonchev–Trinajstić information content (AvgIpc) is 3.17. The standard InChI is InChI=1S/C20H21F3N4O4/c1-3-5-12-15(7-6-13-17(12)31-26-18(13)20(21,22)23)30-9-4-8-27(2)16-11-24-14(10-25-16)19(28)29/h6-7,10-11H,3-5,8-9H2,1-2H3,(H,28,29). The van der Waals surface area contributed by atoms with Gasteiger partial charge in [-0.1, -0.05) is 18.5 Å². The second kappa shape index (κ2) is 9.19. The van der Waals surface area contributed by atoms with E-state index >= 15 is 0 Å². The summed E-state index contributed by atoms with van der Waals surface area (Å²) in [6.07, 6.45) is -0.251. The van der Waals surface area contributed by atoms with E-state index in [0.717, 1.165) is 0 Å². The van der Waals surface area contributed by atoms with Crippen molar-refractivity contribution in [2.45, 2.75) is 32.4 Å². The van der Waals surface area contributed by atoms with E-state index in [9.17, 15) is 18.0 Å². The Balaban J connectivity index is 1.65. The normalized spacial score (nSPS) is 11.6. The third-order valence-electron chi connectivity index (χ3n) is 4.61. The number of hydrogen-bond acceptors (Lipinski definition) is 7. The first kappa shape index (κ1) is 22.3. The quantitative estimate of drug-likeness (QED) is 0.496. The molecule has 11 heteroatoms. The number of ether oxygens (including phenoxy) is 1. The molecule has 0 saturated heterocycles. The lowest BCUT2D eigenvalue weighted by Gasteiger charge is -2.18. The molecule has 0 bridgehead atoms. The smallest absolute Gasteiger partial charge is 0.437 e. The fraction of sp³-hybridized carbons (Fsp3) is 0.400. The Kier molecular flexibility index (Phi) is 6.62. The van der Waals surface area contributed by atoms with E-state index in [-0.39, 0.29) is 16.7 Å². The maximum absolute atomic E-state index is 13.1. The fourth-order valence-electron chi connectivity index (χ4n) is 3.09. The van der Waals surface area contributed by atoms with Gasteiger partial charge >= 0.3 is 12.1 Å². The summed E-state index contributed by atoms with van der Waals surface area (Å²) < 4.78 is 50.1. The summed E-state index contributed by atoms with van der Waals surface area (Å²) in [5.41, 5.74) is -0.521. The Morgan fingerprint density at radius 3 is 2.65 bits per heavy atom. The van der Waals surface area contributed by atoms with Crippen molar-refractivity contribution in [3.05, 3.63) is 41.5 Å². The average molecular weight is 438 g/mol. The Bertz CT molecular complexity index is 1050. The Hall–Kier alpha value is -3.37. The zero-order valence-corrected chi connectivity index (χ0v) is 16.9. The molecule has 3 rings (SSSR count). The van der Waals surface area contributed by atoms with Crippen molar-refractivity contribution in [3.8, 4) is 5.75 Å². The monoisotopic (exact) mass is 438 g/mol. The number of aromatic carboxylic acids is 1. The van der Waals surface area contributed by atoms with Crippen molar-refractivity contribution in [2.75, 3.05) is 25.1 Å². The van der Waals surface area contributed by atoms with Crippen LogP contribution in [0.5, 0.6) is 5.75 Å². The molecule has 0 atom stereocenters. The van der Waals surface area contributed by atoms with Gasteiger partial charge in [-0.15, -0.1) is 0 Å². The number of rotatable bonds is 9. The molecule has 0 amide bonds. The minimum absolute atomic E-state index is 0.0774. The van der Waals surface area contributed by atoms with Crippen LogP contribution in [0.2, 0.25) is 0 Å². The second-order valence-corrected chi connectivity index (χ2v) is 6.89. The highest BCUT2D eigenvalue weighted by atomic mass is 19.4. The second-order valence-electron chi connectivity index (χ2n) is 6.89. The molecule has 0 unspecified atom stereocenters. The predicted octanol–water partition coefficient (Wildman–Crippen LogP) is 4.19. The summed E-state index contributed by atoms with van der Waals surface area (Å²) >= 11 is 0. The number of carbonyl (C=O) groups is 1. The van der Waals surface area contributed by atoms with E-state index in [2.05, 4.69) is 15.1 Å². The third-order valence-corrected chi connectivity index (χ3v) is 4.61. The first-order valence-corrected chi connectivity index (χ1v) is 9.60. The minimum Gasteiger partial charge on any atom is -0.493 e. The number of carboxylic acid groups (broad SMARTS) is 1. The molecule has 2 heterocycles. The lowest BCUT2D eigenvalue weighted by Crippen LogP contribution is -2.22. The van der Waals surface area contributed by atoms with Crippen LogP contribution in [0, 0.1) is 0 Å². The molecule has 0 radical (unpaired) electrons. The first-order chi connectivity index (χ1) is 14.7. The number of alkyl halides is 3. The Labute approximate surface area is 175 Å². The van der Waals surface area contributed by atoms with E-state index in [1.54, 1.807) is 11.9 Å². The lowest BCUT2D eigenvalue weighted by molar-refractivity contribution is -0.141. The zero-order chi connectivity index (χ0) is 22.6. The molecule has 2 aromatic heterocycles. The fourth-order valence-corrected chi connectivity index (χ4v) is 3.09. The molecular weight excluding hydrogens is 417 g/mol. The van der Waals surface area contributed by atoms with Gasteiger partial charge in [-0.2, -0.15) is 13.2 Å². The minimum atomic E-state index is -4.59. The SMILES string of the molecule is CCCc1c(OCCCN(C)c2cnc(C(=O)O)cn2)ccc2c(C(F)(F)F)noc12. The van der Waals surface area contributed by atoms with Crippen molar-refractivity contribution < 1.29 is 32.3 Å². The van der Waals surface area contributed by atoms with Crippen molar-refractivity contribution in [2.24, 2.45) is 0 Å². The van der Waals surface area contributed by atoms with Crippen LogP contribution in [0.25, 0.3) is 11.0 Å². The molecule has 0 aliphatic carbocycles. The van der Waals surface area contributed by atoms with Gasteiger partial charge in [-0.25, -0.2) is 14.8 Å². The van der Waals surface area contributed by atoms with E-state index in [1.807, 2.05) is 6.92 Å². The van der Waals surface area contributed by atoms with Gasteiger partial charge in [-0.05, 0) is 25.0 Å². The number of fused-ring (bicyclic) bond motifs is 1. The number of hydrogen-bond donors (Lipinski definition) is 1. The van der Waals surface area contributed by atoms with Crippen molar-refractivity contribution in [3.63, 3.8) is 0 Å². The van der Waals surface area contributed by atoms with Gasteiger partial charge in [0.2, 0.25) is 0 Å². The number of aromatic nitrogens is 3. The maximum Gasteiger partial charge on any atom is 0.437 e. The zero-order valence-electron chi connectivity index (χ0n) is 16.9. The van der Waals surface area contributed by atoms with Crippen LogP contribution in [-0.2, 0) is 12.6 Å². The van der Waals surface area contributed by atoms with Crippen LogP contribution in [0.4, 0.5) is 19.0 Å². The van der Waals surface area contributed by atoms with Gasteiger partial charge < -0.3 is 19.3 Å². The van der Waals surface area contributed by atoms with Crippen LogP contribution < -0.4 is 9.64 Å². The highest BCUT2D eigenvalue weighted by molar-refractivity contribution is 5.85. The Morgan fingerprint density at radius 2 is 2.03 bits per heavy atom. The van der Waals surface area contributed by atoms with Crippen molar-refractivity contribution in [1.29, 1.82) is 0 Å². The van der Waals surface area contributed by atoms with Gasteiger partial charge in [0.15, 0.2) is 17.0 Å². The van der Waals surface area contributed by atoms with Crippen molar-refractivity contribution >= 4 is 22.8 Å². The number of nitrogens with zero attached hydrogens (tertiary/aromatic N) is 4. The molecule has 31 heavy (non-hydrogen) atoms. The molecule has 0 saturated carbocycles. The molecule has 166 valence electrons. The molecule has 0 aliphatic rings. The summed E-state index contributed by atoms with van der Waals surface area (Å²) in [6.45, 7) is 2.77. The summed E-state index contributed by atoms with van der Waals surface area (Å²) in [4.78, 5) is 20.5. The molecule has 0 spiro atoms. The van der Waals surface area contributed by atoms with Gasteiger partial charge in [0.05, 0.1) is 24.4 Å². The highest BCUT2D eigenvalue weighted by Gasteiger charge is 2.37. The maximum atomic E-state index is 13.1. The van der Waals surface area contributed by atoms with E-state index in [4.69, 9.17) is 14.4 Å². The van der Waals surface area contributed by atoms with Crippen LogP contribution in [0.15, 0.2) is 29.0 Å². The number of anilines is 1. The van der Waals surface area contributed by atoms with E-state index < -0.39 is 17.8 Å². The lowest BCUT2D eigenvalue weighted by atomic mass is 10.0. The van der Waals surface area contributed by atoms with Gasteiger partial charge in [-0.3, -0.25) is 0 Å².